The minimum absolute atomic E-state index is 0.163. The molecule has 1 aliphatic rings. The summed E-state index contributed by atoms with van der Waals surface area (Å²) < 4.78 is 50.0. The lowest BCUT2D eigenvalue weighted by molar-refractivity contribution is 0.0879. The van der Waals surface area contributed by atoms with Crippen LogP contribution in [0.2, 0.25) is 0 Å². The summed E-state index contributed by atoms with van der Waals surface area (Å²) in [6.07, 6.45) is 0.701. The highest BCUT2D eigenvalue weighted by Crippen LogP contribution is 2.35. The second-order valence-electron chi connectivity index (χ2n) is 8.24. The van der Waals surface area contributed by atoms with Gasteiger partial charge in [-0.3, -0.25) is 0 Å². The SMILES string of the molecule is Cc1ccc(F)c([C@H](C)[C@H](NS(=O)(=O)N2CCCC(C(C)O)C2)c2n[nH]c(=O)o2)c1C. The summed E-state index contributed by atoms with van der Waals surface area (Å²) >= 11 is 0. The standard InChI is InChI=1S/C20H29FN4O5S/c1-11-7-8-16(21)17(12(11)2)13(3)18(19-22-23-20(27)30-19)24-31(28,29)25-9-5-6-15(10-25)14(4)26/h7-8,13-15,18,24,26H,5-6,9-10H2,1-4H3,(H,23,27)/t13-,14?,15?,18-/m0/s1. The monoisotopic (exact) mass is 456 g/mol. The number of aliphatic hydroxyl groups is 1. The second-order valence-corrected chi connectivity index (χ2v) is 9.95. The fourth-order valence-electron chi connectivity index (χ4n) is 4.09. The van der Waals surface area contributed by atoms with Crippen molar-refractivity contribution >= 4 is 10.2 Å². The minimum Gasteiger partial charge on any atom is -0.393 e. The molecule has 0 bridgehead atoms. The molecule has 1 fully saturated rings. The van der Waals surface area contributed by atoms with Gasteiger partial charge in [-0.25, -0.2) is 14.3 Å². The molecule has 1 aromatic carbocycles. The first-order valence-corrected chi connectivity index (χ1v) is 11.7. The zero-order chi connectivity index (χ0) is 22.9. The van der Waals surface area contributed by atoms with Crippen molar-refractivity contribution in [2.24, 2.45) is 5.92 Å². The summed E-state index contributed by atoms with van der Waals surface area (Å²) in [6.45, 7) is 7.35. The number of nitrogens with one attached hydrogen (secondary N) is 2. The highest BCUT2D eigenvalue weighted by Gasteiger charge is 2.37. The molecule has 2 unspecified atom stereocenters. The van der Waals surface area contributed by atoms with E-state index in [-0.39, 0.29) is 18.4 Å². The van der Waals surface area contributed by atoms with Crippen LogP contribution in [0.25, 0.3) is 0 Å². The van der Waals surface area contributed by atoms with Gasteiger partial charge in [-0.1, -0.05) is 13.0 Å². The molecule has 31 heavy (non-hydrogen) atoms. The van der Waals surface area contributed by atoms with Crippen molar-refractivity contribution in [1.82, 2.24) is 19.2 Å². The van der Waals surface area contributed by atoms with Crippen LogP contribution < -0.4 is 10.5 Å². The van der Waals surface area contributed by atoms with Crippen molar-refractivity contribution in [2.45, 2.75) is 58.6 Å². The molecule has 3 rings (SSSR count). The lowest BCUT2D eigenvalue weighted by Crippen LogP contribution is -2.49. The third kappa shape index (κ3) is 5.05. The van der Waals surface area contributed by atoms with Crippen LogP contribution in [0.4, 0.5) is 4.39 Å². The fraction of sp³-hybridized carbons (Fsp3) is 0.600. The number of piperidine rings is 1. The van der Waals surface area contributed by atoms with Crippen LogP contribution in [0.3, 0.4) is 0 Å². The van der Waals surface area contributed by atoms with Gasteiger partial charge in [0.05, 0.1) is 6.10 Å². The van der Waals surface area contributed by atoms with Gasteiger partial charge in [0.25, 0.3) is 10.2 Å². The number of rotatable bonds is 7. The minimum atomic E-state index is -4.04. The molecule has 2 aromatic rings. The molecule has 9 nitrogen and oxygen atoms in total. The van der Waals surface area contributed by atoms with E-state index in [2.05, 4.69) is 14.9 Å². The molecule has 1 saturated heterocycles. The van der Waals surface area contributed by atoms with Crippen molar-refractivity contribution in [3.63, 3.8) is 0 Å². The van der Waals surface area contributed by atoms with E-state index in [9.17, 15) is 22.7 Å². The van der Waals surface area contributed by atoms with Crippen LogP contribution in [-0.4, -0.2) is 47.2 Å². The van der Waals surface area contributed by atoms with Crippen molar-refractivity contribution in [3.8, 4) is 0 Å². The maximum atomic E-state index is 14.8. The lowest BCUT2D eigenvalue weighted by Gasteiger charge is -2.34. The number of aromatic amines is 1. The molecule has 0 spiro atoms. The number of nitrogens with zero attached hydrogens (tertiary/aromatic N) is 2. The average molecular weight is 457 g/mol. The molecule has 0 aliphatic carbocycles. The predicted molar refractivity (Wildman–Crippen MR) is 112 cm³/mol. The van der Waals surface area contributed by atoms with Crippen molar-refractivity contribution in [1.29, 1.82) is 0 Å². The van der Waals surface area contributed by atoms with Crippen LogP contribution in [-0.2, 0) is 10.2 Å². The number of benzene rings is 1. The van der Waals surface area contributed by atoms with Crippen LogP contribution in [0.15, 0.2) is 21.3 Å². The van der Waals surface area contributed by atoms with E-state index in [1.165, 1.54) is 10.4 Å². The Hall–Kier alpha value is -2.08. The topological polar surface area (TPSA) is 129 Å². The molecule has 0 amide bonds. The predicted octanol–water partition coefficient (Wildman–Crippen LogP) is 1.89. The molecule has 0 saturated carbocycles. The Bertz CT molecular complexity index is 1080. The van der Waals surface area contributed by atoms with E-state index in [4.69, 9.17) is 4.42 Å². The molecule has 1 aromatic heterocycles. The number of hydrogen-bond acceptors (Lipinski definition) is 6. The van der Waals surface area contributed by atoms with Gasteiger partial charge in [0, 0.05) is 19.0 Å². The summed E-state index contributed by atoms with van der Waals surface area (Å²) in [5.41, 5.74) is 1.85. The fourth-order valence-corrected chi connectivity index (χ4v) is 5.62. The molecular formula is C20H29FN4O5S. The number of aryl methyl sites for hydroxylation is 1. The quantitative estimate of drug-likeness (QED) is 0.584. The number of H-pyrrole nitrogens is 1. The maximum absolute atomic E-state index is 14.8. The summed E-state index contributed by atoms with van der Waals surface area (Å²) in [7, 11) is -4.04. The molecule has 172 valence electrons. The van der Waals surface area contributed by atoms with E-state index in [1.54, 1.807) is 26.8 Å². The number of hydrogen-bond donors (Lipinski definition) is 3. The molecular weight excluding hydrogens is 427 g/mol. The third-order valence-electron chi connectivity index (χ3n) is 6.13. The van der Waals surface area contributed by atoms with Gasteiger partial charge >= 0.3 is 5.76 Å². The summed E-state index contributed by atoms with van der Waals surface area (Å²) in [4.78, 5) is 11.6. The van der Waals surface area contributed by atoms with Gasteiger partial charge in [-0.05, 0) is 62.3 Å². The Morgan fingerprint density at radius 1 is 1.35 bits per heavy atom. The highest BCUT2D eigenvalue weighted by molar-refractivity contribution is 7.87. The van der Waals surface area contributed by atoms with Gasteiger partial charge in [-0.15, -0.1) is 5.10 Å². The van der Waals surface area contributed by atoms with E-state index >= 15 is 0 Å². The zero-order valence-corrected chi connectivity index (χ0v) is 18.9. The highest BCUT2D eigenvalue weighted by atomic mass is 32.2. The van der Waals surface area contributed by atoms with E-state index in [1.807, 2.05) is 6.92 Å². The first kappa shape index (κ1) is 23.6. The Kier molecular flexibility index (Phi) is 6.99. The zero-order valence-electron chi connectivity index (χ0n) is 18.1. The number of aromatic nitrogens is 2. The average Bonchev–Trinajstić information content (AvgIpc) is 3.15. The van der Waals surface area contributed by atoms with Gasteiger partial charge in [0.1, 0.15) is 11.9 Å². The Morgan fingerprint density at radius 3 is 2.68 bits per heavy atom. The molecule has 1 aliphatic heterocycles. The molecule has 11 heteroatoms. The lowest BCUT2D eigenvalue weighted by atomic mass is 9.88. The number of aliphatic hydroxyl groups excluding tert-OH is 1. The Labute approximate surface area is 180 Å². The van der Waals surface area contributed by atoms with Crippen LogP contribution in [0.1, 0.15) is 61.2 Å². The van der Waals surface area contributed by atoms with Gasteiger partial charge in [0.15, 0.2) is 0 Å². The number of halogens is 1. The normalized spacial score (nSPS) is 21.0. The van der Waals surface area contributed by atoms with Crippen LogP contribution >= 0.6 is 0 Å². The van der Waals surface area contributed by atoms with E-state index in [0.717, 1.165) is 12.0 Å². The van der Waals surface area contributed by atoms with Gasteiger partial charge in [0.2, 0.25) is 5.89 Å². The summed E-state index contributed by atoms with van der Waals surface area (Å²) in [6, 6.07) is 1.86. The largest absolute Gasteiger partial charge is 0.434 e. The smallest absolute Gasteiger partial charge is 0.393 e. The molecule has 3 N–H and O–H groups in total. The van der Waals surface area contributed by atoms with Crippen molar-refractivity contribution < 1.29 is 22.3 Å². The summed E-state index contributed by atoms with van der Waals surface area (Å²) in [5, 5.41) is 15.8. The Morgan fingerprint density at radius 2 is 2.06 bits per heavy atom. The van der Waals surface area contributed by atoms with E-state index in [0.29, 0.717) is 24.1 Å². The van der Waals surface area contributed by atoms with Gasteiger partial charge < -0.3 is 9.52 Å². The van der Waals surface area contributed by atoms with Crippen molar-refractivity contribution in [2.75, 3.05) is 13.1 Å². The first-order chi connectivity index (χ1) is 14.5. The van der Waals surface area contributed by atoms with Crippen molar-refractivity contribution in [3.05, 3.63) is 51.1 Å². The van der Waals surface area contributed by atoms with Crippen LogP contribution in [0.5, 0.6) is 0 Å². The Balaban J connectivity index is 1.97. The van der Waals surface area contributed by atoms with Crippen LogP contribution in [0, 0.1) is 25.6 Å². The maximum Gasteiger partial charge on any atom is 0.434 e. The van der Waals surface area contributed by atoms with E-state index < -0.39 is 39.8 Å². The molecule has 0 radical (unpaired) electrons. The van der Waals surface area contributed by atoms with Gasteiger partial charge in [-0.2, -0.15) is 17.4 Å². The summed E-state index contributed by atoms with van der Waals surface area (Å²) in [5.74, 6) is -2.39. The molecule has 4 atom stereocenters. The second kappa shape index (κ2) is 9.19. The first-order valence-electron chi connectivity index (χ1n) is 10.3. The third-order valence-corrected chi connectivity index (χ3v) is 7.69. The molecule has 2 heterocycles.